The number of aliphatic imine (C=N–C) groups is 1. The average molecular weight is 473 g/mol. The Bertz CT molecular complexity index is 593. The number of rotatable bonds is 8. The molecule has 1 aliphatic heterocycles. The lowest BCUT2D eigenvalue weighted by Gasteiger charge is -2.26. The number of likely N-dealkylation sites (N-methyl/N-ethyl adjacent to an activating group) is 1. The molecule has 0 radical (unpaired) electrons. The maximum Gasteiger partial charge on any atom is 0.225 e. The van der Waals surface area contributed by atoms with Crippen LogP contribution in [0, 0.1) is 0 Å². The van der Waals surface area contributed by atoms with Gasteiger partial charge in [-0.05, 0) is 31.6 Å². The van der Waals surface area contributed by atoms with Gasteiger partial charge in [-0.3, -0.25) is 9.79 Å². The maximum atomic E-state index is 11.9. The summed E-state index contributed by atoms with van der Waals surface area (Å²) in [6.45, 7) is 5.85. The molecule has 0 bridgehead atoms. The highest BCUT2D eigenvalue weighted by molar-refractivity contribution is 14.0. The lowest BCUT2D eigenvalue weighted by Crippen LogP contribution is -2.43. The first kappa shape index (κ1) is 22.7. The van der Waals surface area contributed by atoms with Gasteiger partial charge in [-0.2, -0.15) is 0 Å². The Kier molecular flexibility index (Phi) is 10.6. The van der Waals surface area contributed by atoms with E-state index in [2.05, 4.69) is 45.9 Å². The summed E-state index contributed by atoms with van der Waals surface area (Å²) in [6.07, 6.45) is 2.95. The van der Waals surface area contributed by atoms with Crippen LogP contribution < -0.4 is 16.0 Å². The molecule has 146 valence electrons. The number of anilines is 1. The van der Waals surface area contributed by atoms with Gasteiger partial charge >= 0.3 is 0 Å². The molecule has 1 amide bonds. The SMILES string of the molecule is CCCCN(C)CCNC(=NC)NCC1CC(=O)Nc2ccccc21.I. The fourth-order valence-corrected chi connectivity index (χ4v) is 3.03. The molecule has 7 heteroatoms. The van der Waals surface area contributed by atoms with Crippen molar-refractivity contribution in [2.24, 2.45) is 4.99 Å². The second-order valence-corrected chi connectivity index (χ2v) is 6.57. The second-order valence-electron chi connectivity index (χ2n) is 6.57. The molecule has 1 aromatic rings. The van der Waals surface area contributed by atoms with Crippen LogP contribution in [0.2, 0.25) is 0 Å². The molecular formula is C19H32IN5O. The van der Waals surface area contributed by atoms with Gasteiger partial charge < -0.3 is 20.9 Å². The van der Waals surface area contributed by atoms with E-state index >= 15 is 0 Å². The zero-order valence-corrected chi connectivity index (χ0v) is 18.4. The number of guanidine groups is 1. The number of carbonyl (C=O) groups is 1. The fraction of sp³-hybridized carbons (Fsp3) is 0.579. The quantitative estimate of drug-likeness (QED) is 0.309. The van der Waals surface area contributed by atoms with Crippen molar-refractivity contribution in [3.8, 4) is 0 Å². The molecule has 0 aliphatic carbocycles. The Labute approximate surface area is 174 Å². The Morgan fingerprint density at radius 1 is 1.31 bits per heavy atom. The summed E-state index contributed by atoms with van der Waals surface area (Å²) in [7, 11) is 3.92. The lowest BCUT2D eigenvalue weighted by molar-refractivity contribution is -0.116. The summed E-state index contributed by atoms with van der Waals surface area (Å²) in [4.78, 5) is 18.5. The number of amides is 1. The van der Waals surface area contributed by atoms with Crippen LogP contribution in [0.1, 0.15) is 37.7 Å². The molecular weight excluding hydrogens is 441 g/mol. The predicted octanol–water partition coefficient (Wildman–Crippen LogP) is 2.63. The van der Waals surface area contributed by atoms with Crippen molar-refractivity contribution in [1.82, 2.24) is 15.5 Å². The first-order valence-corrected chi connectivity index (χ1v) is 9.15. The van der Waals surface area contributed by atoms with Crippen LogP contribution in [0.5, 0.6) is 0 Å². The molecule has 1 heterocycles. The first-order valence-electron chi connectivity index (χ1n) is 9.15. The third-order valence-electron chi connectivity index (χ3n) is 4.53. The van der Waals surface area contributed by atoms with E-state index in [1.54, 1.807) is 7.05 Å². The molecule has 0 spiro atoms. The number of carbonyl (C=O) groups excluding carboxylic acids is 1. The van der Waals surface area contributed by atoms with Crippen molar-refractivity contribution >= 4 is 41.5 Å². The standard InChI is InChI=1S/C19H31N5O.HI/c1-4-5-11-24(3)12-10-21-19(20-2)22-14-15-13-18(25)23-17-9-7-6-8-16(15)17;/h6-9,15H,4-5,10-14H2,1-3H3,(H,23,25)(H2,20,21,22);1H. The van der Waals surface area contributed by atoms with Gasteiger partial charge in [0.1, 0.15) is 0 Å². The van der Waals surface area contributed by atoms with E-state index in [-0.39, 0.29) is 35.8 Å². The van der Waals surface area contributed by atoms with E-state index in [1.807, 2.05) is 18.2 Å². The second kappa shape index (κ2) is 12.1. The fourth-order valence-electron chi connectivity index (χ4n) is 3.03. The summed E-state index contributed by atoms with van der Waals surface area (Å²) >= 11 is 0. The van der Waals surface area contributed by atoms with Gasteiger partial charge in [0.15, 0.2) is 5.96 Å². The van der Waals surface area contributed by atoms with E-state index in [4.69, 9.17) is 0 Å². The highest BCUT2D eigenvalue weighted by Crippen LogP contribution is 2.31. The highest BCUT2D eigenvalue weighted by Gasteiger charge is 2.24. The van der Waals surface area contributed by atoms with Crippen LogP contribution in [-0.2, 0) is 4.79 Å². The molecule has 6 nitrogen and oxygen atoms in total. The van der Waals surface area contributed by atoms with Gasteiger partial charge in [0.2, 0.25) is 5.91 Å². The Morgan fingerprint density at radius 3 is 2.81 bits per heavy atom. The van der Waals surface area contributed by atoms with Crippen LogP contribution in [0.15, 0.2) is 29.3 Å². The minimum atomic E-state index is 0. The van der Waals surface area contributed by atoms with Crippen molar-refractivity contribution in [2.75, 3.05) is 45.6 Å². The number of hydrogen-bond donors (Lipinski definition) is 3. The summed E-state index contributed by atoms with van der Waals surface area (Å²) in [5, 5.41) is 9.64. The minimum Gasteiger partial charge on any atom is -0.356 e. The van der Waals surface area contributed by atoms with E-state index in [0.717, 1.165) is 31.3 Å². The Balaban J connectivity index is 0.00000338. The molecule has 1 atom stereocenters. The van der Waals surface area contributed by atoms with Gasteiger partial charge in [-0.25, -0.2) is 0 Å². The topological polar surface area (TPSA) is 68.8 Å². The van der Waals surface area contributed by atoms with E-state index in [9.17, 15) is 4.79 Å². The Morgan fingerprint density at radius 2 is 2.08 bits per heavy atom. The number of hydrogen-bond acceptors (Lipinski definition) is 3. The third kappa shape index (κ3) is 7.11. The van der Waals surface area contributed by atoms with Crippen molar-refractivity contribution in [1.29, 1.82) is 0 Å². The number of benzene rings is 1. The third-order valence-corrected chi connectivity index (χ3v) is 4.53. The van der Waals surface area contributed by atoms with Crippen LogP contribution in [0.4, 0.5) is 5.69 Å². The number of nitrogens with zero attached hydrogens (tertiary/aromatic N) is 2. The lowest BCUT2D eigenvalue weighted by atomic mass is 9.90. The van der Waals surface area contributed by atoms with E-state index in [1.165, 1.54) is 18.4 Å². The van der Waals surface area contributed by atoms with Gasteiger partial charge in [-0.1, -0.05) is 31.5 Å². The molecule has 0 fully saturated rings. The molecule has 2 rings (SSSR count). The van der Waals surface area contributed by atoms with Gasteiger partial charge in [0.05, 0.1) is 0 Å². The molecule has 3 N–H and O–H groups in total. The number of nitrogens with one attached hydrogen (secondary N) is 3. The molecule has 26 heavy (non-hydrogen) atoms. The number of fused-ring (bicyclic) bond motifs is 1. The van der Waals surface area contributed by atoms with Crippen LogP contribution in [-0.4, -0.2) is 57.0 Å². The van der Waals surface area contributed by atoms with Crippen molar-refractivity contribution in [3.05, 3.63) is 29.8 Å². The largest absolute Gasteiger partial charge is 0.356 e. The number of unbranched alkanes of at least 4 members (excludes halogenated alkanes) is 1. The van der Waals surface area contributed by atoms with Crippen LogP contribution in [0.3, 0.4) is 0 Å². The molecule has 1 unspecified atom stereocenters. The molecule has 0 aromatic heterocycles. The van der Waals surface area contributed by atoms with Crippen molar-refractivity contribution < 1.29 is 4.79 Å². The van der Waals surface area contributed by atoms with E-state index < -0.39 is 0 Å². The zero-order valence-electron chi connectivity index (χ0n) is 16.0. The summed E-state index contributed by atoms with van der Waals surface area (Å²) in [5.41, 5.74) is 2.11. The van der Waals surface area contributed by atoms with Gasteiger partial charge in [0, 0.05) is 44.7 Å². The Hall–Kier alpha value is -1.35. The maximum absolute atomic E-state index is 11.9. The molecule has 0 saturated heterocycles. The zero-order chi connectivity index (χ0) is 18.1. The molecule has 1 aliphatic rings. The van der Waals surface area contributed by atoms with Crippen LogP contribution in [0.25, 0.3) is 0 Å². The summed E-state index contributed by atoms with van der Waals surface area (Å²) < 4.78 is 0. The number of halogens is 1. The molecule has 0 saturated carbocycles. The summed E-state index contributed by atoms with van der Waals surface area (Å²) in [5.74, 6) is 1.02. The summed E-state index contributed by atoms with van der Waals surface area (Å²) in [6, 6.07) is 8.01. The van der Waals surface area contributed by atoms with Gasteiger partial charge in [0.25, 0.3) is 0 Å². The number of para-hydroxylation sites is 1. The van der Waals surface area contributed by atoms with Crippen molar-refractivity contribution in [3.63, 3.8) is 0 Å². The first-order chi connectivity index (χ1) is 12.1. The van der Waals surface area contributed by atoms with Crippen molar-refractivity contribution in [2.45, 2.75) is 32.1 Å². The monoisotopic (exact) mass is 473 g/mol. The smallest absolute Gasteiger partial charge is 0.225 e. The predicted molar refractivity (Wildman–Crippen MR) is 120 cm³/mol. The van der Waals surface area contributed by atoms with E-state index in [0.29, 0.717) is 13.0 Å². The highest BCUT2D eigenvalue weighted by atomic mass is 127. The normalized spacial score (nSPS) is 16.5. The van der Waals surface area contributed by atoms with Crippen LogP contribution >= 0.6 is 24.0 Å². The molecule has 1 aromatic carbocycles. The average Bonchev–Trinajstić information content (AvgIpc) is 2.62. The minimum absolute atomic E-state index is 0. The van der Waals surface area contributed by atoms with Gasteiger partial charge in [-0.15, -0.1) is 24.0 Å².